The highest BCUT2D eigenvalue weighted by molar-refractivity contribution is 8.13. The van der Waals surface area contributed by atoms with Crippen molar-refractivity contribution < 1.29 is 5.48 Å². The minimum atomic E-state index is 0. The number of hydrogen-bond acceptors (Lipinski definition) is 2. The topological polar surface area (TPSA) is 58.6 Å². The molecular formula is C5H11ClN2OS. The summed E-state index contributed by atoms with van der Waals surface area (Å²) >= 11 is 1.55. The zero-order valence-corrected chi connectivity index (χ0v) is 7.26. The molecule has 0 spiro atoms. The van der Waals surface area contributed by atoms with Crippen molar-refractivity contribution >= 4 is 29.3 Å². The molecule has 3 N–H and O–H groups in total. The Bertz CT molecular complexity index is 140. The molecular weight excluding hydrogens is 172 g/mol. The van der Waals surface area contributed by atoms with Crippen LogP contribution in [0.3, 0.4) is 0 Å². The largest absolute Gasteiger partial charge is 0.412 e. The van der Waals surface area contributed by atoms with E-state index < -0.39 is 0 Å². The molecule has 1 aliphatic rings. The van der Waals surface area contributed by atoms with E-state index in [4.69, 9.17) is 5.41 Å². The van der Waals surface area contributed by atoms with E-state index in [0.717, 1.165) is 5.75 Å². The molecule has 60 valence electrons. The summed E-state index contributed by atoms with van der Waals surface area (Å²) in [6.07, 6.45) is 3.96. The van der Waals surface area contributed by atoms with E-state index in [1.807, 2.05) is 19.3 Å². The van der Waals surface area contributed by atoms with Gasteiger partial charge in [-0.2, -0.15) is 0 Å². The summed E-state index contributed by atoms with van der Waals surface area (Å²) in [6.45, 7) is 0. The van der Waals surface area contributed by atoms with E-state index in [2.05, 4.69) is 0 Å². The van der Waals surface area contributed by atoms with Crippen LogP contribution >= 0.6 is 24.2 Å². The molecule has 10 heavy (non-hydrogen) atoms. The molecule has 0 radical (unpaired) electrons. The van der Waals surface area contributed by atoms with Gasteiger partial charge in [0.1, 0.15) is 0 Å². The van der Waals surface area contributed by atoms with E-state index in [9.17, 15) is 0 Å². The first-order valence-corrected chi connectivity index (χ1v) is 3.40. The number of thioether (sulfide) groups is 1. The standard InChI is InChI=1S/C5H8N2S.ClH.H2O/c1-7-3-2-4-8-5(7)6;;/h2-3,6H,4H2,1H3;1H;1H2. The second-order valence-electron chi connectivity index (χ2n) is 1.61. The first-order valence-electron chi connectivity index (χ1n) is 2.41. The number of halogens is 1. The molecule has 1 aliphatic heterocycles. The van der Waals surface area contributed by atoms with Crippen molar-refractivity contribution in [3.63, 3.8) is 0 Å². The van der Waals surface area contributed by atoms with Crippen molar-refractivity contribution in [1.82, 2.24) is 4.90 Å². The predicted molar refractivity (Wildman–Crippen MR) is 47.9 cm³/mol. The summed E-state index contributed by atoms with van der Waals surface area (Å²) in [5.74, 6) is 0.948. The molecule has 5 heteroatoms. The summed E-state index contributed by atoms with van der Waals surface area (Å²) < 4.78 is 0. The fraction of sp³-hybridized carbons (Fsp3) is 0.400. The van der Waals surface area contributed by atoms with Crippen LogP contribution in [0.2, 0.25) is 0 Å². The molecule has 1 heterocycles. The van der Waals surface area contributed by atoms with Gasteiger partial charge in [0.15, 0.2) is 5.17 Å². The summed E-state index contributed by atoms with van der Waals surface area (Å²) in [5, 5.41) is 7.86. The maximum Gasteiger partial charge on any atom is 0.160 e. The maximum atomic E-state index is 7.23. The van der Waals surface area contributed by atoms with Gasteiger partial charge < -0.3 is 10.4 Å². The molecule has 0 fully saturated rings. The van der Waals surface area contributed by atoms with Gasteiger partial charge >= 0.3 is 0 Å². The Morgan fingerprint density at radius 2 is 2.30 bits per heavy atom. The van der Waals surface area contributed by atoms with Crippen molar-refractivity contribution in [3.8, 4) is 0 Å². The lowest BCUT2D eigenvalue weighted by molar-refractivity contribution is 0.694. The lowest BCUT2D eigenvalue weighted by atomic mass is 10.6. The molecule has 0 amide bonds. The minimum Gasteiger partial charge on any atom is -0.412 e. The number of amidine groups is 1. The van der Waals surface area contributed by atoms with Crippen molar-refractivity contribution in [2.45, 2.75) is 0 Å². The fourth-order valence-electron chi connectivity index (χ4n) is 0.498. The predicted octanol–water partition coefficient (Wildman–Crippen LogP) is 0.711. The van der Waals surface area contributed by atoms with Gasteiger partial charge in [0.05, 0.1) is 0 Å². The fourth-order valence-corrected chi connectivity index (χ4v) is 1.10. The van der Waals surface area contributed by atoms with E-state index in [1.165, 1.54) is 0 Å². The van der Waals surface area contributed by atoms with Gasteiger partial charge in [-0.25, -0.2) is 0 Å². The van der Waals surface area contributed by atoms with Gasteiger partial charge in [-0.05, 0) is 0 Å². The molecule has 3 nitrogen and oxygen atoms in total. The molecule has 0 aliphatic carbocycles. The average molecular weight is 183 g/mol. The molecule has 0 saturated heterocycles. The SMILES string of the molecule is CN1C=CCSC1=N.Cl.O. The third-order valence-corrected chi connectivity index (χ3v) is 1.89. The molecule has 1 rings (SSSR count). The zero-order chi connectivity index (χ0) is 5.98. The normalized spacial score (nSPS) is 15.7. The van der Waals surface area contributed by atoms with Crippen LogP contribution in [0.15, 0.2) is 12.3 Å². The van der Waals surface area contributed by atoms with Gasteiger partial charge in [-0.15, -0.1) is 12.4 Å². The lowest BCUT2D eigenvalue weighted by Crippen LogP contribution is -2.19. The number of rotatable bonds is 0. The van der Waals surface area contributed by atoms with Crippen LogP contribution in [0.1, 0.15) is 0 Å². The van der Waals surface area contributed by atoms with E-state index in [-0.39, 0.29) is 17.9 Å². The highest BCUT2D eigenvalue weighted by Crippen LogP contribution is 2.10. The Balaban J connectivity index is 0. The van der Waals surface area contributed by atoms with Crippen LogP contribution in [0, 0.1) is 5.41 Å². The van der Waals surface area contributed by atoms with Crippen molar-refractivity contribution in [3.05, 3.63) is 12.3 Å². The third kappa shape index (κ3) is 3.10. The number of nitrogens with one attached hydrogen (secondary N) is 1. The van der Waals surface area contributed by atoms with E-state index >= 15 is 0 Å². The number of nitrogens with zero attached hydrogens (tertiary/aromatic N) is 1. The first kappa shape index (κ1) is 12.5. The smallest absolute Gasteiger partial charge is 0.160 e. The third-order valence-electron chi connectivity index (χ3n) is 0.966. The average Bonchev–Trinajstić information content (AvgIpc) is 1.77. The molecule has 0 bridgehead atoms. The van der Waals surface area contributed by atoms with Gasteiger partial charge in [-0.3, -0.25) is 5.41 Å². The Kier molecular flexibility index (Phi) is 6.97. The molecule has 0 atom stereocenters. The van der Waals surface area contributed by atoms with Gasteiger partial charge in [-0.1, -0.05) is 17.8 Å². The minimum absolute atomic E-state index is 0. The van der Waals surface area contributed by atoms with Gasteiger partial charge in [0.2, 0.25) is 0 Å². The monoisotopic (exact) mass is 182 g/mol. The van der Waals surface area contributed by atoms with Crippen molar-refractivity contribution in [2.24, 2.45) is 0 Å². The molecule has 0 aromatic carbocycles. The lowest BCUT2D eigenvalue weighted by Gasteiger charge is -2.16. The maximum absolute atomic E-state index is 7.23. The molecule has 0 saturated carbocycles. The first-order chi connectivity index (χ1) is 3.80. The summed E-state index contributed by atoms with van der Waals surface area (Å²) in [6, 6.07) is 0. The van der Waals surface area contributed by atoms with Gasteiger partial charge in [0.25, 0.3) is 0 Å². The second kappa shape index (κ2) is 5.58. The second-order valence-corrected chi connectivity index (χ2v) is 2.62. The Hall–Kier alpha value is -0.190. The molecule has 0 aromatic rings. The van der Waals surface area contributed by atoms with Crippen LogP contribution in [-0.4, -0.2) is 28.3 Å². The Morgan fingerprint density at radius 3 is 2.60 bits per heavy atom. The molecule has 0 unspecified atom stereocenters. The summed E-state index contributed by atoms with van der Waals surface area (Å²) in [7, 11) is 1.88. The zero-order valence-electron chi connectivity index (χ0n) is 5.63. The summed E-state index contributed by atoms with van der Waals surface area (Å²) in [4.78, 5) is 1.80. The van der Waals surface area contributed by atoms with Crippen molar-refractivity contribution in [1.29, 1.82) is 5.41 Å². The van der Waals surface area contributed by atoms with Crippen LogP contribution in [0.5, 0.6) is 0 Å². The highest BCUT2D eigenvalue weighted by Gasteiger charge is 2.03. The molecule has 0 aromatic heterocycles. The van der Waals surface area contributed by atoms with Crippen LogP contribution in [-0.2, 0) is 0 Å². The Labute approximate surface area is 70.7 Å². The van der Waals surface area contributed by atoms with Gasteiger partial charge in [0, 0.05) is 19.0 Å². The highest BCUT2D eigenvalue weighted by atomic mass is 35.5. The van der Waals surface area contributed by atoms with Crippen LogP contribution < -0.4 is 0 Å². The van der Waals surface area contributed by atoms with E-state index in [1.54, 1.807) is 16.7 Å². The van der Waals surface area contributed by atoms with Crippen LogP contribution in [0.25, 0.3) is 0 Å². The van der Waals surface area contributed by atoms with E-state index in [0.29, 0.717) is 5.17 Å². The van der Waals surface area contributed by atoms with Crippen LogP contribution in [0.4, 0.5) is 0 Å². The quantitative estimate of drug-likeness (QED) is 0.600. The Morgan fingerprint density at radius 1 is 1.70 bits per heavy atom. The van der Waals surface area contributed by atoms with Crippen molar-refractivity contribution in [2.75, 3.05) is 12.8 Å². The summed E-state index contributed by atoms with van der Waals surface area (Å²) in [5.41, 5.74) is 0. The number of hydrogen-bond donors (Lipinski definition) is 1.